The molecule has 0 saturated heterocycles. The summed E-state index contributed by atoms with van der Waals surface area (Å²) in [4.78, 5) is 38.4. The molecular weight excluding hydrogens is 620 g/mol. The molecule has 9 nitrogen and oxygen atoms in total. The van der Waals surface area contributed by atoms with Crippen LogP contribution in [-0.2, 0) is 23.9 Å². The molecule has 0 saturated carbocycles. The highest BCUT2D eigenvalue weighted by molar-refractivity contribution is 6.33. The van der Waals surface area contributed by atoms with Crippen molar-refractivity contribution in [3.8, 4) is 22.6 Å². The first-order valence-electron chi connectivity index (χ1n) is 15.1. The number of alkyl halides is 2. The van der Waals surface area contributed by atoms with Crippen molar-refractivity contribution in [1.29, 1.82) is 0 Å². The topological polar surface area (TPSA) is 131 Å². The summed E-state index contributed by atoms with van der Waals surface area (Å²) in [6, 6.07) is 16.3. The zero-order chi connectivity index (χ0) is 33.4. The van der Waals surface area contributed by atoms with Crippen LogP contribution in [0.5, 0.6) is 0 Å². The Hall–Kier alpha value is -4.51. The standard InChI is InChI=1S/C24H30ClN3.C6H4F2O2.C4H4O4/c1-2-3-4-5-6-7-11-16-26-20-14-15-22(25)21(17-20)24-27-18-23(28-24)19-12-9-8-10-13-19;7-6(8)3-4(9)1-2-5(6)10;5-4(6)3-1-7-2-8-3/h8-10,12-15,17-18,26H,2-7,11,16H2,1H3,(H,27,28);1-2H,3H2;1H,2H2,(H,5,6). The molecule has 1 aliphatic heterocycles. The number of benzene rings is 2. The third kappa shape index (κ3) is 11.8. The predicted molar refractivity (Wildman–Crippen MR) is 172 cm³/mol. The number of aromatic amines is 1. The first-order valence-corrected chi connectivity index (χ1v) is 15.4. The van der Waals surface area contributed by atoms with Crippen molar-refractivity contribution in [3.63, 3.8) is 0 Å². The fourth-order valence-electron chi connectivity index (χ4n) is 4.36. The molecule has 1 aromatic heterocycles. The number of unbranched alkanes of at least 4 members (excludes halogenated alkanes) is 6. The number of hydrogen-bond acceptors (Lipinski definition) is 7. The molecule has 1 aliphatic carbocycles. The van der Waals surface area contributed by atoms with Crippen LogP contribution in [0.3, 0.4) is 0 Å². The second-order valence-electron chi connectivity index (χ2n) is 10.5. The van der Waals surface area contributed by atoms with Gasteiger partial charge in [-0.1, -0.05) is 87.4 Å². The van der Waals surface area contributed by atoms with E-state index in [1.54, 1.807) is 0 Å². The van der Waals surface area contributed by atoms with Crippen molar-refractivity contribution >= 4 is 34.8 Å². The second kappa shape index (κ2) is 18.5. The van der Waals surface area contributed by atoms with Gasteiger partial charge in [0, 0.05) is 17.8 Å². The molecule has 0 atom stereocenters. The molecule has 12 heteroatoms. The minimum absolute atomic E-state index is 0.0155. The minimum Gasteiger partial charge on any atom is -0.475 e. The van der Waals surface area contributed by atoms with Gasteiger partial charge in [0.05, 0.1) is 23.3 Å². The number of aromatic nitrogens is 2. The maximum atomic E-state index is 12.2. The molecule has 46 heavy (non-hydrogen) atoms. The van der Waals surface area contributed by atoms with E-state index >= 15 is 0 Å². The number of halogens is 3. The van der Waals surface area contributed by atoms with Crippen LogP contribution >= 0.6 is 11.6 Å². The van der Waals surface area contributed by atoms with Crippen LogP contribution < -0.4 is 5.32 Å². The predicted octanol–water partition coefficient (Wildman–Crippen LogP) is 8.20. The molecule has 2 aliphatic rings. The van der Waals surface area contributed by atoms with E-state index in [2.05, 4.69) is 49.9 Å². The van der Waals surface area contributed by atoms with E-state index in [-0.39, 0.29) is 12.6 Å². The van der Waals surface area contributed by atoms with Gasteiger partial charge in [-0.15, -0.1) is 0 Å². The first-order chi connectivity index (χ1) is 22.1. The number of imidazole rings is 1. The molecule has 0 unspecified atom stereocenters. The Labute approximate surface area is 271 Å². The van der Waals surface area contributed by atoms with Crippen molar-refractivity contribution in [1.82, 2.24) is 9.97 Å². The lowest BCUT2D eigenvalue weighted by atomic mass is 10.0. The monoisotopic (exact) mass is 657 g/mol. The summed E-state index contributed by atoms with van der Waals surface area (Å²) >= 11 is 6.44. The molecule has 0 spiro atoms. The molecule has 3 aromatic rings. The molecule has 0 radical (unpaired) electrons. The summed E-state index contributed by atoms with van der Waals surface area (Å²) in [5.41, 5.74) is 4.12. The Morgan fingerprint density at radius 1 is 1.04 bits per heavy atom. The van der Waals surface area contributed by atoms with Crippen LogP contribution in [-0.4, -0.2) is 51.9 Å². The summed E-state index contributed by atoms with van der Waals surface area (Å²) in [6.07, 6.45) is 12.7. The molecule has 0 fully saturated rings. The number of ketones is 2. The highest BCUT2D eigenvalue weighted by Crippen LogP contribution is 2.30. The minimum atomic E-state index is -3.47. The van der Waals surface area contributed by atoms with Crippen LogP contribution in [0.2, 0.25) is 5.02 Å². The second-order valence-corrected chi connectivity index (χ2v) is 10.9. The van der Waals surface area contributed by atoms with Gasteiger partial charge in [-0.2, -0.15) is 8.78 Å². The number of carboxylic acids is 1. The van der Waals surface area contributed by atoms with Gasteiger partial charge >= 0.3 is 11.9 Å². The largest absolute Gasteiger partial charge is 0.475 e. The highest BCUT2D eigenvalue weighted by Gasteiger charge is 2.41. The van der Waals surface area contributed by atoms with Crippen molar-refractivity contribution in [3.05, 3.63) is 83.9 Å². The van der Waals surface area contributed by atoms with E-state index in [1.165, 1.54) is 44.9 Å². The maximum Gasteiger partial charge on any atom is 0.374 e. The van der Waals surface area contributed by atoms with Crippen LogP contribution in [0.15, 0.2) is 78.9 Å². The maximum absolute atomic E-state index is 12.2. The lowest BCUT2D eigenvalue weighted by Gasteiger charge is -2.13. The SMILES string of the molecule is CCCCCCCCCNc1ccc(Cl)c(-c2ncc(-c3ccccc3)[nH]2)c1.O=C(O)C1=COCO1.O=C1C=CC(=O)C(F)(F)C1. The molecule has 5 rings (SSSR count). The van der Waals surface area contributed by atoms with Gasteiger partial charge in [0.1, 0.15) is 12.1 Å². The molecule has 0 amide bonds. The average Bonchev–Trinajstić information content (AvgIpc) is 3.76. The van der Waals surface area contributed by atoms with Crippen molar-refractivity contribution < 1.29 is 37.7 Å². The first kappa shape index (κ1) is 36.0. The van der Waals surface area contributed by atoms with E-state index in [0.29, 0.717) is 11.1 Å². The van der Waals surface area contributed by atoms with Crippen LogP contribution in [0.25, 0.3) is 22.6 Å². The van der Waals surface area contributed by atoms with Gasteiger partial charge in [0.2, 0.25) is 18.3 Å². The van der Waals surface area contributed by atoms with Gasteiger partial charge in [-0.25, -0.2) is 9.78 Å². The van der Waals surface area contributed by atoms with E-state index in [0.717, 1.165) is 47.2 Å². The Balaban J connectivity index is 0.000000259. The van der Waals surface area contributed by atoms with Crippen LogP contribution in [0.1, 0.15) is 58.3 Å². The normalized spacial score (nSPS) is 14.6. The number of allylic oxidation sites excluding steroid dienone is 2. The van der Waals surface area contributed by atoms with E-state index < -0.39 is 29.9 Å². The number of nitrogens with zero attached hydrogens (tertiary/aromatic N) is 1. The summed E-state index contributed by atoms with van der Waals surface area (Å²) in [7, 11) is 0. The Bertz CT molecular complexity index is 1510. The van der Waals surface area contributed by atoms with Gasteiger partial charge < -0.3 is 24.9 Å². The van der Waals surface area contributed by atoms with E-state index in [9.17, 15) is 23.2 Å². The molecule has 3 N–H and O–H groups in total. The van der Waals surface area contributed by atoms with E-state index in [4.69, 9.17) is 16.7 Å². The van der Waals surface area contributed by atoms with Gasteiger partial charge in [-0.05, 0) is 42.3 Å². The quantitative estimate of drug-likeness (QED) is 0.166. The Morgan fingerprint density at radius 2 is 1.76 bits per heavy atom. The summed E-state index contributed by atoms with van der Waals surface area (Å²) < 4.78 is 33.4. The smallest absolute Gasteiger partial charge is 0.374 e. The number of carbonyl (C=O) groups is 3. The number of nitrogens with one attached hydrogen (secondary N) is 2. The zero-order valence-corrected chi connectivity index (χ0v) is 26.3. The zero-order valence-electron chi connectivity index (χ0n) is 25.6. The van der Waals surface area contributed by atoms with Crippen LogP contribution in [0, 0.1) is 0 Å². The number of H-pyrrole nitrogens is 1. The summed E-state index contributed by atoms with van der Waals surface area (Å²) in [6.45, 7) is 3.26. The number of rotatable bonds is 12. The number of ether oxygens (including phenoxy) is 2. The average molecular weight is 658 g/mol. The summed E-state index contributed by atoms with van der Waals surface area (Å²) in [5, 5.41) is 12.4. The molecule has 246 valence electrons. The lowest BCUT2D eigenvalue weighted by molar-refractivity contribution is -0.144. The number of aliphatic carboxylic acids is 1. The van der Waals surface area contributed by atoms with Gasteiger partial charge in [0.25, 0.3) is 0 Å². The molecule has 2 aromatic carbocycles. The molecular formula is C34H38ClF2N3O6. The third-order valence-corrected chi connectivity index (χ3v) is 7.18. The van der Waals surface area contributed by atoms with Crippen molar-refractivity contribution in [2.24, 2.45) is 0 Å². The van der Waals surface area contributed by atoms with Crippen molar-refractivity contribution in [2.75, 3.05) is 18.7 Å². The molecule has 2 heterocycles. The van der Waals surface area contributed by atoms with Crippen LogP contribution in [0.4, 0.5) is 14.5 Å². The van der Waals surface area contributed by atoms with Crippen molar-refractivity contribution in [2.45, 2.75) is 64.2 Å². The number of carboxylic acid groups (broad SMARTS) is 1. The highest BCUT2D eigenvalue weighted by atomic mass is 35.5. The number of anilines is 1. The number of carbonyl (C=O) groups excluding carboxylic acids is 2. The number of hydrogen-bond donors (Lipinski definition) is 3. The molecule has 0 bridgehead atoms. The lowest BCUT2D eigenvalue weighted by Crippen LogP contribution is -2.32. The Morgan fingerprint density at radius 3 is 2.37 bits per heavy atom. The summed E-state index contributed by atoms with van der Waals surface area (Å²) in [5.74, 6) is -5.89. The third-order valence-electron chi connectivity index (χ3n) is 6.85. The van der Waals surface area contributed by atoms with Gasteiger partial charge in [0.15, 0.2) is 5.78 Å². The Kier molecular flexibility index (Phi) is 14.4. The fraction of sp³-hybridized carbons (Fsp3) is 0.353. The fourth-order valence-corrected chi connectivity index (χ4v) is 4.57. The van der Waals surface area contributed by atoms with E-state index in [1.807, 2.05) is 36.5 Å². The van der Waals surface area contributed by atoms with Gasteiger partial charge in [-0.3, -0.25) is 9.59 Å².